The van der Waals surface area contributed by atoms with Gasteiger partial charge < -0.3 is 0 Å². The van der Waals surface area contributed by atoms with E-state index in [4.69, 9.17) is 0 Å². The minimum absolute atomic E-state index is 0. The van der Waals surface area contributed by atoms with Crippen LogP contribution in [0.3, 0.4) is 0 Å². The summed E-state index contributed by atoms with van der Waals surface area (Å²) < 4.78 is 0. The molecule has 110 valence electrons. The van der Waals surface area contributed by atoms with Gasteiger partial charge in [-0.25, -0.2) is 0 Å². The Morgan fingerprint density at radius 3 is 1.16 bits per heavy atom. The average Bonchev–Trinajstić information content (AvgIpc) is 2.39. The van der Waals surface area contributed by atoms with E-state index in [9.17, 15) is 0 Å². The summed E-state index contributed by atoms with van der Waals surface area (Å²) in [6, 6.07) is 0. The normalized spacial score (nSPS) is 10.8. The van der Waals surface area contributed by atoms with Gasteiger partial charge in [0.25, 0.3) is 0 Å². The monoisotopic (exact) mass is 338 g/mol. The van der Waals surface area contributed by atoms with Gasteiger partial charge in [0.15, 0.2) is 0 Å². The van der Waals surface area contributed by atoms with Crippen LogP contribution >= 0.6 is 0 Å². The molecule has 0 aromatic rings. The minimum atomic E-state index is 0. The third-order valence-electron chi connectivity index (χ3n) is 3.62. The summed E-state index contributed by atoms with van der Waals surface area (Å²) in [7, 11) is 0. The van der Waals surface area contributed by atoms with Crippen molar-refractivity contribution in [3.63, 3.8) is 0 Å². The number of hydrogen-bond acceptors (Lipinski definition) is 0. The van der Waals surface area contributed by atoms with E-state index in [1.165, 1.54) is 89.9 Å². The molecule has 0 unspecified atom stereocenters. The first-order valence-corrected chi connectivity index (χ1v) is 8.56. The van der Waals surface area contributed by atoms with E-state index in [2.05, 4.69) is 26.0 Å². The van der Waals surface area contributed by atoms with E-state index in [0.717, 1.165) is 0 Å². The van der Waals surface area contributed by atoms with Gasteiger partial charge in [0.2, 0.25) is 0 Å². The maximum atomic E-state index is 2.41. The van der Waals surface area contributed by atoms with Crippen LogP contribution in [0.1, 0.15) is 104 Å². The topological polar surface area (TPSA) is 0 Å². The van der Waals surface area contributed by atoms with Crippen molar-refractivity contribution in [3.8, 4) is 0 Å². The van der Waals surface area contributed by atoms with Crippen LogP contribution in [0.4, 0.5) is 0 Å². The van der Waals surface area contributed by atoms with Crippen LogP contribution in [0.5, 0.6) is 0 Å². The second-order valence-corrected chi connectivity index (χ2v) is 5.58. The molecule has 0 aliphatic heterocycles. The molecule has 0 heterocycles. The standard InChI is InChI=1S/C18H36.Rb.H/c1-3-5-7-9-11-13-15-17-18-16-14-12-10-8-6-4-2;;/h17-18H,3-16H2,1-2H3;;/b18-17-;;. The summed E-state index contributed by atoms with van der Waals surface area (Å²) in [6.45, 7) is 4.57. The molecule has 19 heavy (non-hydrogen) atoms. The number of unbranched alkanes of at least 4 members (excludes halogenated alkanes) is 12. The second kappa shape index (κ2) is 21.8. The SMILES string of the molecule is CCCCCCCC/C=C\CCCCCCCC.[RbH]. The predicted molar refractivity (Wildman–Crippen MR) is 92.3 cm³/mol. The first-order valence-electron chi connectivity index (χ1n) is 8.56. The molecule has 0 N–H and O–H groups in total. The van der Waals surface area contributed by atoms with E-state index in [1.54, 1.807) is 0 Å². The average molecular weight is 339 g/mol. The molecule has 0 amide bonds. The van der Waals surface area contributed by atoms with Gasteiger partial charge in [-0.1, -0.05) is 90.2 Å². The van der Waals surface area contributed by atoms with Crippen LogP contribution in [0.15, 0.2) is 12.2 Å². The van der Waals surface area contributed by atoms with Crippen molar-refractivity contribution in [1.29, 1.82) is 0 Å². The molecule has 0 saturated carbocycles. The van der Waals surface area contributed by atoms with Crippen LogP contribution in [-0.2, 0) is 0 Å². The van der Waals surface area contributed by atoms with Gasteiger partial charge >= 0.3 is 58.2 Å². The first kappa shape index (κ1) is 22.8. The van der Waals surface area contributed by atoms with Crippen molar-refractivity contribution < 1.29 is 0 Å². The first-order chi connectivity index (χ1) is 8.91. The van der Waals surface area contributed by atoms with E-state index < -0.39 is 0 Å². The fourth-order valence-electron chi connectivity index (χ4n) is 2.32. The Morgan fingerprint density at radius 1 is 0.474 bits per heavy atom. The molecule has 0 bridgehead atoms. The Labute approximate surface area is 172 Å². The van der Waals surface area contributed by atoms with Crippen LogP contribution in [0.2, 0.25) is 0 Å². The van der Waals surface area contributed by atoms with Crippen molar-refractivity contribution in [3.05, 3.63) is 12.2 Å². The molecule has 0 saturated heterocycles. The molecular weight excluding hydrogens is 302 g/mol. The molecule has 0 aromatic heterocycles. The molecule has 0 aliphatic carbocycles. The summed E-state index contributed by atoms with van der Waals surface area (Å²) in [5.41, 5.74) is 0. The molecule has 0 aliphatic rings. The van der Waals surface area contributed by atoms with Crippen molar-refractivity contribution in [2.24, 2.45) is 0 Å². The Morgan fingerprint density at radius 2 is 0.789 bits per heavy atom. The van der Waals surface area contributed by atoms with E-state index >= 15 is 0 Å². The molecule has 0 rings (SSSR count). The summed E-state index contributed by atoms with van der Waals surface area (Å²) in [6.07, 6.45) is 24.4. The van der Waals surface area contributed by atoms with Crippen LogP contribution < -0.4 is 0 Å². The van der Waals surface area contributed by atoms with Crippen molar-refractivity contribution in [1.82, 2.24) is 0 Å². The van der Waals surface area contributed by atoms with Gasteiger partial charge in [-0.2, -0.15) is 0 Å². The third-order valence-corrected chi connectivity index (χ3v) is 3.62. The Bertz CT molecular complexity index is 145. The Balaban J connectivity index is 0. The van der Waals surface area contributed by atoms with Gasteiger partial charge in [-0.3, -0.25) is 0 Å². The molecule has 0 radical (unpaired) electrons. The number of rotatable bonds is 14. The van der Waals surface area contributed by atoms with Crippen molar-refractivity contribution in [2.75, 3.05) is 0 Å². The Kier molecular flexibility index (Phi) is 26.2. The van der Waals surface area contributed by atoms with Crippen molar-refractivity contribution >= 4 is 58.2 Å². The van der Waals surface area contributed by atoms with Gasteiger partial charge in [-0.15, -0.1) is 0 Å². The number of allylic oxidation sites excluding steroid dienone is 2. The predicted octanol–water partition coefficient (Wildman–Crippen LogP) is 6.40. The zero-order valence-corrected chi connectivity index (χ0v) is 13.1. The molecule has 0 nitrogen and oxygen atoms in total. The van der Waals surface area contributed by atoms with Gasteiger partial charge in [0.05, 0.1) is 0 Å². The number of hydrogen-bond donors (Lipinski definition) is 0. The summed E-state index contributed by atoms with van der Waals surface area (Å²) in [5.74, 6) is 0. The quantitative estimate of drug-likeness (QED) is 0.254. The molecule has 0 fully saturated rings. The van der Waals surface area contributed by atoms with Crippen LogP contribution in [-0.4, -0.2) is 58.2 Å². The third kappa shape index (κ3) is 22.0. The molecule has 0 aromatic carbocycles. The van der Waals surface area contributed by atoms with E-state index in [-0.39, 0.29) is 58.2 Å². The zero-order valence-electron chi connectivity index (χ0n) is 13.1. The zero-order chi connectivity index (χ0) is 13.3. The fraction of sp³-hybridized carbons (Fsp3) is 0.889. The maximum absolute atomic E-state index is 2.41. The van der Waals surface area contributed by atoms with E-state index in [0.29, 0.717) is 0 Å². The van der Waals surface area contributed by atoms with E-state index in [1.807, 2.05) is 0 Å². The molecular formula is C18H37Rb. The Hall–Kier alpha value is 1.55. The fourth-order valence-corrected chi connectivity index (χ4v) is 2.32. The van der Waals surface area contributed by atoms with Crippen LogP contribution in [0, 0.1) is 0 Å². The molecule has 0 atom stereocenters. The van der Waals surface area contributed by atoms with Gasteiger partial charge in [-0.05, 0) is 25.7 Å². The van der Waals surface area contributed by atoms with Gasteiger partial charge in [0, 0.05) is 0 Å². The summed E-state index contributed by atoms with van der Waals surface area (Å²) >= 11 is 0. The van der Waals surface area contributed by atoms with Crippen LogP contribution in [0.25, 0.3) is 0 Å². The second-order valence-electron chi connectivity index (χ2n) is 5.58. The molecule has 0 spiro atoms. The summed E-state index contributed by atoms with van der Waals surface area (Å²) in [5, 5.41) is 0. The van der Waals surface area contributed by atoms with Crippen molar-refractivity contribution in [2.45, 2.75) is 104 Å². The summed E-state index contributed by atoms with van der Waals surface area (Å²) in [4.78, 5) is 0. The van der Waals surface area contributed by atoms with Gasteiger partial charge in [0.1, 0.15) is 0 Å². The molecule has 1 heteroatoms.